The molecule has 19 heavy (non-hydrogen) atoms. The van der Waals surface area contributed by atoms with Crippen LogP contribution in [0.4, 0.5) is 0 Å². The second-order valence-electron chi connectivity index (χ2n) is 4.04. The summed E-state index contributed by atoms with van der Waals surface area (Å²) in [7, 11) is 1.58. The Morgan fingerprint density at radius 2 is 1.89 bits per heavy atom. The molecule has 0 heterocycles. The van der Waals surface area contributed by atoms with Crippen LogP contribution in [0.2, 0.25) is 10.0 Å². The van der Waals surface area contributed by atoms with Crippen LogP contribution in [0.1, 0.15) is 17.2 Å². The largest absolute Gasteiger partial charge is 0.495 e. The molecule has 1 atom stereocenters. The predicted molar refractivity (Wildman–Crippen MR) is 88.2 cm³/mol. The van der Waals surface area contributed by atoms with Crippen LogP contribution in [0.25, 0.3) is 0 Å². The Morgan fingerprint density at radius 1 is 1.16 bits per heavy atom. The molecule has 0 aromatic heterocycles. The van der Waals surface area contributed by atoms with E-state index in [0.717, 1.165) is 14.7 Å². The summed E-state index contributed by atoms with van der Waals surface area (Å²) in [6.45, 7) is 0. The highest BCUT2D eigenvalue weighted by atomic mass is 127. The number of ether oxygens (including phenoxy) is 1. The minimum atomic E-state index is -0.269. The molecule has 0 fully saturated rings. The van der Waals surface area contributed by atoms with Crippen molar-refractivity contribution in [3.05, 3.63) is 61.1 Å². The molecule has 0 amide bonds. The van der Waals surface area contributed by atoms with Crippen LogP contribution < -0.4 is 10.5 Å². The molecule has 0 spiro atoms. The molecule has 2 nitrogen and oxygen atoms in total. The van der Waals surface area contributed by atoms with Crippen LogP contribution in [0.3, 0.4) is 0 Å². The fraction of sp³-hybridized carbons (Fsp3) is 0.143. The number of halogens is 3. The summed E-state index contributed by atoms with van der Waals surface area (Å²) < 4.78 is 6.20. The van der Waals surface area contributed by atoms with Gasteiger partial charge in [-0.1, -0.05) is 29.3 Å². The third-order valence-electron chi connectivity index (χ3n) is 2.83. The molecule has 5 heteroatoms. The highest BCUT2D eigenvalue weighted by Crippen LogP contribution is 2.31. The summed E-state index contributed by atoms with van der Waals surface area (Å²) in [6, 6.07) is 11.0. The van der Waals surface area contributed by atoms with Gasteiger partial charge in [-0.3, -0.25) is 0 Å². The van der Waals surface area contributed by atoms with E-state index in [0.29, 0.717) is 15.8 Å². The van der Waals surface area contributed by atoms with Gasteiger partial charge in [0.25, 0.3) is 0 Å². The van der Waals surface area contributed by atoms with E-state index in [9.17, 15) is 0 Å². The second-order valence-corrected chi connectivity index (χ2v) is 6.04. The van der Waals surface area contributed by atoms with E-state index in [4.69, 9.17) is 33.7 Å². The number of rotatable bonds is 3. The maximum Gasteiger partial charge on any atom is 0.137 e. The van der Waals surface area contributed by atoms with Crippen LogP contribution in [0, 0.1) is 3.57 Å². The lowest BCUT2D eigenvalue weighted by molar-refractivity contribution is 0.415. The van der Waals surface area contributed by atoms with Crippen LogP contribution in [0.15, 0.2) is 36.4 Å². The number of benzene rings is 2. The Bertz CT molecular complexity index is 604. The number of hydrogen-bond acceptors (Lipinski definition) is 2. The maximum absolute atomic E-state index is 6.28. The van der Waals surface area contributed by atoms with E-state index < -0.39 is 0 Å². The number of methoxy groups -OCH3 is 1. The molecule has 0 aliphatic heterocycles. The molecule has 100 valence electrons. The van der Waals surface area contributed by atoms with Gasteiger partial charge in [-0.05, 0) is 64.0 Å². The Labute approximate surface area is 136 Å². The molecule has 0 saturated heterocycles. The molecular weight excluding hydrogens is 396 g/mol. The van der Waals surface area contributed by atoms with E-state index in [-0.39, 0.29) is 6.04 Å². The highest BCUT2D eigenvalue weighted by Gasteiger charge is 2.14. The van der Waals surface area contributed by atoms with Crippen molar-refractivity contribution in [3.63, 3.8) is 0 Å². The van der Waals surface area contributed by atoms with Gasteiger partial charge >= 0.3 is 0 Å². The first kappa shape index (κ1) is 14.9. The number of nitrogens with two attached hydrogens (primary N) is 1. The molecule has 2 aromatic rings. The normalized spacial score (nSPS) is 12.3. The molecule has 0 radical (unpaired) electrons. The zero-order chi connectivity index (χ0) is 14.0. The van der Waals surface area contributed by atoms with Crippen molar-refractivity contribution in [1.29, 1.82) is 0 Å². The first-order chi connectivity index (χ1) is 9.02. The maximum atomic E-state index is 6.28. The van der Waals surface area contributed by atoms with Gasteiger partial charge in [0, 0.05) is 8.59 Å². The van der Waals surface area contributed by atoms with Gasteiger partial charge < -0.3 is 10.5 Å². The van der Waals surface area contributed by atoms with Crippen LogP contribution in [0.5, 0.6) is 5.75 Å². The molecular formula is C14H12Cl2INO. The van der Waals surface area contributed by atoms with Crippen molar-refractivity contribution in [3.8, 4) is 5.75 Å². The molecule has 2 rings (SSSR count). The fourth-order valence-corrected chi connectivity index (χ4v) is 2.93. The predicted octanol–water partition coefficient (Wildman–Crippen LogP) is 4.65. The van der Waals surface area contributed by atoms with E-state index >= 15 is 0 Å². The van der Waals surface area contributed by atoms with E-state index in [1.165, 1.54) is 0 Å². The number of hydrogen-bond donors (Lipinski definition) is 1. The smallest absolute Gasteiger partial charge is 0.137 e. The zero-order valence-corrected chi connectivity index (χ0v) is 13.8. The Morgan fingerprint density at radius 3 is 2.53 bits per heavy atom. The van der Waals surface area contributed by atoms with Crippen LogP contribution in [-0.4, -0.2) is 7.11 Å². The van der Waals surface area contributed by atoms with Gasteiger partial charge in [0.15, 0.2) is 0 Å². The van der Waals surface area contributed by atoms with Crippen molar-refractivity contribution < 1.29 is 4.74 Å². The fourth-order valence-electron chi connectivity index (χ4n) is 1.81. The van der Waals surface area contributed by atoms with Crippen molar-refractivity contribution >= 4 is 45.8 Å². The van der Waals surface area contributed by atoms with Crippen LogP contribution >= 0.6 is 45.8 Å². The molecule has 0 aliphatic carbocycles. The lowest BCUT2D eigenvalue weighted by Crippen LogP contribution is -2.13. The molecule has 1 unspecified atom stereocenters. The average molecular weight is 408 g/mol. The quantitative estimate of drug-likeness (QED) is 0.751. The lowest BCUT2D eigenvalue weighted by Gasteiger charge is -2.16. The van der Waals surface area contributed by atoms with Crippen molar-refractivity contribution in [1.82, 2.24) is 0 Å². The average Bonchev–Trinajstić information content (AvgIpc) is 2.40. The molecule has 0 bridgehead atoms. The van der Waals surface area contributed by atoms with Gasteiger partial charge in [0.2, 0.25) is 0 Å². The van der Waals surface area contributed by atoms with Gasteiger partial charge in [-0.25, -0.2) is 0 Å². The summed E-state index contributed by atoms with van der Waals surface area (Å²) >= 11 is 14.4. The zero-order valence-electron chi connectivity index (χ0n) is 10.2. The third-order valence-corrected chi connectivity index (χ3v) is 4.34. The van der Waals surface area contributed by atoms with E-state index in [1.807, 2.05) is 36.4 Å². The van der Waals surface area contributed by atoms with Crippen molar-refractivity contribution in [2.45, 2.75) is 6.04 Å². The van der Waals surface area contributed by atoms with Gasteiger partial charge in [0.05, 0.1) is 18.2 Å². The lowest BCUT2D eigenvalue weighted by atomic mass is 9.99. The minimum Gasteiger partial charge on any atom is -0.495 e. The highest BCUT2D eigenvalue weighted by molar-refractivity contribution is 14.1. The van der Waals surface area contributed by atoms with E-state index in [1.54, 1.807) is 7.11 Å². The first-order valence-corrected chi connectivity index (χ1v) is 7.40. The van der Waals surface area contributed by atoms with Gasteiger partial charge in [0.1, 0.15) is 5.75 Å². The van der Waals surface area contributed by atoms with Gasteiger partial charge in [-0.2, -0.15) is 0 Å². The third kappa shape index (κ3) is 3.34. The Balaban J connectivity index is 2.41. The monoisotopic (exact) mass is 407 g/mol. The first-order valence-electron chi connectivity index (χ1n) is 5.57. The second kappa shape index (κ2) is 6.31. The van der Waals surface area contributed by atoms with Crippen molar-refractivity contribution in [2.75, 3.05) is 7.11 Å². The summed E-state index contributed by atoms with van der Waals surface area (Å²) in [5, 5.41) is 1.22. The summed E-state index contributed by atoms with van der Waals surface area (Å²) in [5.41, 5.74) is 8.19. The van der Waals surface area contributed by atoms with E-state index in [2.05, 4.69) is 22.6 Å². The minimum absolute atomic E-state index is 0.269. The summed E-state index contributed by atoms with van der Waals surface area (Å²) in [5.74, 6) is 0.637. The Hall–Kier alpha value is -0.490. The van der Waals surface area contributed by atoms with Crippen molar-refractivity contribution in [2.24, 2.45) is 5.73 Å². The summed E-state index contributed by atoms with van der Waals surface area (Å²) in [6.07, 6.45) is 0. The summed E-state index contributed by atoms with van der Waals surface area (Å²) in [4.78, 5) is 0. The standard InChI is InChI=1S/C14H12Cl2INO/c1-19-13-5-2-8(6-11(13)16)14(18)10-7-9(15)3-4-12(10)17/h2-7,14H,18H2,1H3. The van der Waals surface area contributed by atoms with Crippen LogP contribution in [-0.2, 0) is 0 Å². The Kier molecular flexibility index (Phi) is 4.95. The molecule has 2 aromatic carbocycles. The molecule has 2 N–H and O–H groups in total. The molecule has 0 aliphatic rings. The SMILES string of the molecule is COc1ccc(C(N)c2cc(Cl)ccc2I)cc1Cl. The topological polar surface area (TPSA) is 35.2 Å². The van der Waals surface area contributed by atoms with Gasteiger partial charge in [-0.15, -0.1) is 0 Å². The molecule has 0 saturated carbocycles.